The highest BCUT2D eigenvalue weighted by atomic mass is 32.2. The lowest BCUT2D eigenvalue weighted by atomic mass is 9.90. The molecule has 0 spiro atoms. The van der Waals surface area contributed by atoms with Crippen LogP contribution in [0.4, 0.5) is 5.13 Å². The van der Waals surface area contributed by atoms with Gasteiger partial charge in [0.2, 0.25) is 11.0 Å². The van der Waals surface area contributed by atoms with E-state index in [-0.39, 0.29) is 11.7 Å². The number of hydrogen-bond acceptors (Lipinski definition) is 8. The van der Waals surface area contributed by atoms with Gasteiger partial charge in [-0.3, -0.25) is 10.1 Å². The summed E-state index contributed by atoms with van der Waals surface area (Å²) >= 11 is 2.82. The van der Waals surface area contributed by atoms with Gasteiger partial charge in [-0.2, -0.15) is 0 Å². The van der Waals surface area contributed by atoms with E-state index >= 15 is 0 Å². The highest BCUT2D eigenvalue weighted by molar-refractivity contribution is 7.99. The first-order chi connectivity index (χ1) is 15.1. The lowest BCUT2D eigenvalue weighted by Crippen LogP contribution is -2.14. The number of carbonyl (C=O) groups excluding carboxylic acids is 1. The first-order valence-corrected chi connectivity index (χ1v) is 12.2. The fourth-order valence-corrected chi connectivity index (χ4v) is 5.20. The number of aromatic nitrogens is 5. The molecule has 2 heterocycles. The zero-order chi connectivity index (χ0) is 21.6. The van der Waals surface area contributed by atoms with Crippen molar-refractivity contribution in [1.29, 1.82) is 0 Å². The fraction of sp³-hybridized carbons (Fsp3) is 0.476. The minimum atomic E-state index is -0.128. The summed E-state index contributed by atoms with van der Waals surface area (Å²) in [5, 5.41) is 21.9. The minimum absolute atomic E-state index is 0.128. The topological polar surface area (TPSA) is 94.8 Å². The van der Waals surface area contributed by atoms with Gasteiger partial charge in [-0.1, -0.05) is 60.6 Å². The Morgan fingerprint density at radius 3 is 2.81 bits per heavy atom. The number of nitrogens with one attached hydrogen (secondary N) is 1. The van der Waals surface area contributed by atoms with Gasteiger partial charge in [-0.25, -0.2) is 0 Å². The number of nitrogens with zero attached hydrogens (tertiary/aromatic N) is 5. The van der Waals surface area contributed by atoms with Crippen LogP contribution in [0.25, 0.3) is 0 Å². The van der Waals surface area contributed by atoms with Crippen LogP contribution in [-0.4, -0.2) is 36.6 Å². The summed E-state index contributed by atoms with van der Waals surface area (Å²) in [6.45, 7) is 2.32. The van der Waals surface area contributed by atoms with Crippen molar-refractivity contribution in [3.8, 4) is 5.75 Å². The molecule has 1 aliphatic rings. The lowest BCUT2D eigenvalue weighted by Gasteiger charge is -2.18. The molecule has 4 rings (SSSR count). The molecule has 1 aliphatic carbocycles. The molecule has 0 unspecified atom stereocenters. The van der Waals surface area contributed by atoms with Crippen LogP contribution in [-0.2, 0) is 18.4 Å². The molecular weight excluding hydrogens is 432 g/mol. The fourth-order valence-electron chi connectivity index (χ4n) is 3.54. The molecule has 1 N–H and O–H groups in total. The lowest BCUT2D eigenvalue weighted by molar-refractivity contribution is -0.113. The Hall–Kier alpha value is -2.46. The van der Waals surface area contributed by atoms with Gasteiger partial charge in [0, 0.05) is 13.0 Å². The Morgan fingerprint density at radius 2 is 2.00 bits per heavy atom. The van der Waals surface area contributed by atoms with Crippen LogP contribution in [0.3, 0.4) is 0 Å². The van der Waals surface area contributed by atoms with Gasteiger partial charge in [0.25, 0.3) is 0 Å². The third kappa shape index (κ3) is 5.62. The molecule has 0 bridgehead atoms. The summed E-state index contributed by atoms with van der Waals surface area (Å²) in [6, 6.07) is 7.85. The number of rotatable bonds is 8. The van der Waals surface area contributed by atoms with Crippen molar-refractivity contribution in [1.82, 2.24) is 25.0 Å². The molecule has 0 aliphatic heterocycles. The molecule has 0 radical (unpaired) electrons. The summed E-state index contributed by atoms with van der Waals surface area (Å²) in [5.41, 5.74) is 1.07. The predicted octanol–water partition coefficient (Wildman–Crippen LogP) is 4.33. The van der Waals surface area contributed by atoms with Crippen molar-refractivity contribution in [2.24, 2.45) is 7.05 Å². The molecule has 8 nitrogen and oxygen atoms in total. The van der Waals surface area contributed by atoms with Crippen molar-refractivity contribution >= 4 is 34.1 Å². The molecule has 2 aromatic heterocycles. The maximum atomic E-state index is 12.4. The second-order valence-corrected chi connectivity index (χ2v) is 9.58. The van der Waals surface area contributed by atoms with Crippen LogP contribution in [0.1, 0.15) is 54.4 Å². The maximum Gasteiger partial charge on any atom is 0.236 e. The van der Waals surface area contributed by atoms with E-state index in [0.29, 0.717) is 28.6 Å². The number of carbonyl (C=O) groups is 1. The molecule has 1 saturated carbocycles. The van der Waals surface area contributed by atoms with E-state index in [9.17, 15) is 4.79 Å². The van der Waals surface area contributed by atoms with Crippen molar-refractivity contribution < 1.29 is 9.53 Å². The van der Waals surface area contributed by atoms with Crippen LogP contribution in [0.2, 0.25) is 0 Å². The number of para-hydroxylation sites is 1. The van der Waals surface area contributed by atoms with Crippen molar-refractivity contribution in [3.63, 3.8) is 0 Å². The standard InChI is InChI=1S/C21H26N6O2S2/c1-14-8-6-7-11-16(14)29-12-17-23-26-21(27(17)2)30-13-18(28)22-20-25-24-19(31-20)15-9-4-3-5-10-15/h6-8,11,15H,3-5,9-10,12-13H2,1-2H3,(H,22,25,28). The second-order valence-electron chi connectivity index (χ2n) is 7.63. The van der Waals surface area contributed by atoms with Gasteiger partial charge < -0.3 is 9.30 Å². The highest BCUT2D eigenvalue weighted by Crippen LogP contribution is 2.35. The van der Waals surface area contributed by atoms with E-state index in [1.807, 2.05) is 42.8 Å². The molecule has 0 saturated heterocycles. The Bertz CT molecular complexity index is 1030. The molecule has 0 atom stereocenters. The third-order valence-electron chi connectivity index (χ3n) is 5.35. The third-order valence-corrected chi connectivity index (χ3v) is 7.37. The van der Waals surface area contributed by atoms with Crippen molar-refractivity contribution in [3.05, 3.63) is 40.7 Å². The average Bonchev–Trinajstić information content (AvgIpc) is 3.39. The molecule has 1 aromatic carbocycles. The van der Waals surface area contributed by atoms with Crippen LogP contribution in [0.5, 0.6) is 5.75 Å². The van der Waals surface area contributed by atoms with E-state index in [0.717, 1.165) is 16.3 Å². The Labute approximate surface area is 189 Å². The second kappa shape index (κ2) is 10.2. The summed E-state index contributed by atoms with van der Waals surface area (Å²) < 4.78 is 7.70. The molecule has 164 valence electrons. The van der Waals surface area contributed by atoms with Gasteiger partial charge in [0.15, 0.2) is 11.0 Å². The Morgan fingerprint density at radius 1 is 1.19 bits per heavy atom. The molecule has 1 fully saturated rings. The maximum absolute atomic E-state index is 12.4. The van der Waals surface area contributed by atoms with Gasteiger partial charge in [-0.15, -0.1) is 20.4 Å². The quantitative estimate of drug-likeness (QED) is 0.502. The largest absolute Gasteiger partial charge is 0.485 e. The van der Waals surface area contributed by atoms with E-state index < -0.39 is 0 Å². The Balaban J connectivity index is 1.27. The highest BCUT2D eigenvalue weighted by Gasteiger charge is 2.20. The zero-order valence-corrected chi connectivity index (χ0v) is 19.3. The first-order valence-electron chi connectivity index (χ1n) is 10.4. The molecule has 31 heavy (non-hydrogen) atoms. The van der Waals surface area contributed by atoms with Crippen LogP contribution in [0.15, 0.2) is 29.4 Å². The number of anilines is 1. The summed E-state index contributed by atoms with van der Waals surface area (Å²) in [7, 11) is 1.87. The summed E-state index contributed by atoms with van der Waals surface area (Å²) in [6.07, 6.45) is 6.13. The monoisotopic (exact) mass is 458 g/mol. The SMILES string of the molecule is Cc1ccccc1OCc1nnc(SCC(=O)Nc2nnc(C3CCCCC3)s2)n1C. The number of hydrogen-bond donors (Lipinski definition) is 1. The van der Waals surface area contributed by atoms with Crippen LogP contribution < -0.4 is 10.1 Å². The van der Waals surface area contributed by atoms with Gasteiger partial charge >= 0.3 is 0 Å². The number of amides is 1. The molecular formula is C21H26N6O2S2. The molecule has 3 aromatic rings. The normalized spacial score (nSPS) is 14.5. The number of thioether (sulfide) groups is 1. The predicted molar refractivity (Wildman–Crippen MR) is 122 cm³/mol. The smallest absolute Gasteiger partial charge is 0.236 e. The zero-order valence-electron chi connectivity index (χ0n) is 17.7. The average molecular weight is 459 g/mol. The van der Waals surface area contributed by atoms with Crippen molar-refractivity contribution in [2.45, 2.75) is 56.7 Å². The Kier molecular flexibility index (Phi) is 7.18. The molecule has 1 amide bonds. The van der Waals surface area contributed by atoms with E-state index in [2.05, 4.69) is 25.7 Å². The van der Waals surface area contributed by atoms with Gasteiger partial charge in [-0.05, 0) is 31.4 Å². The number of aryl methyl sites for hydroxylation is 1. The van der Waals surface area contributed by atoms with Crippen LogP contribution in [0, 0.1) is 6.92 Å². The summed E-state index contributed by atoms with van der Waals surface area (Å²) in [5.74, 6) is 2.11. The minimum Gasteiger partial charge on any atom is -0.485 e. The number of ether oxygens (including phenoxy) is 1. The summed E-state index contributed by atoms with van der Waals surface area (Å²) in [4.78, 5) is 12.4. The molecule has 10 heteroatoms. The van der Waals surface area contributed by atoms with E-state index in [4.69, 9.17) is 4.74 Å². The number of benzene rings is 1. The van der Waals surface area contributed by atoms with Crippen LogP contribution >= 0.6 is 23.1 Å². The van der Waals surface area contributed by atoms with Gasteiger partial charge in [0.05, 0.1) is 5.75 Å². The van der Waals surface area contributed by atoms with E-state index in [1.165, 1.54) is 55.2 Å². The first kappa shape index (κ1) is 21.8. The van der Waals surface area contributed by atoms with E-state index in [1.54, 1.807) is 0 Å². The van der Waals surface area contributed by atoms with Crippen molar-refractivity contribution in [2.75, 3.05) is 11.1 Å². The van der Waals surface area contributed by atoms with Gasteiger partial charge in [0.1, 0.15) is 17.4 Å².